The predicted molar refractivity (Wildman–Crippen MR) is 88.6 cm³/mol. The van der Waals surface area contributed by atoms with Crippen molar-refractivity contribution in [2.24, 2.45) is 0 Å². The Balaban J connectivity index is 4.39. The van der Waals surface area contributed by atoms with Crippen LogP contribution in [0, 0.1) is 0 Å². The Kier molecular flexibility index (Phi) is 10.3. The molecule has 1 atom stereocenters. The Morgan fingerprint density at radius 1 is 1.18 bits per heavy atom. The van der Waals surface area contributed by atoms with Crippen LogP contribution in [-0.2, 0) is 11.2 Å². The van der Waals surface area contributed by atoms with Crippen LogP contribution < -0.4 is 10.6 Å². The van der Waals surface area contributed by atoms with Crippen LogP contribution in [0.2, 0.25) is 0 Å². The number of hydrogen-bond acceptors (Lipinski definition) is 3. The van der Waals surface area contributed by atoms with Gasteiger partial charge in [0.05, 0.1) is 0 Å². The van der Waals surface area contributed by atoms with E-state index < -0.39 is 23.2 Å². The Morgan fingerprint density at radius 3 is 2.36 bits per heavy atom. The van der Waals surface area contributed by atoms with Crippen molar-refractivity contribution in [3.05, 3.63) is 50.1 Å². The zero-order chi connectivity index (χ0) is 17.0. The molecule has 0 saturated heterocycles. The van der Waals surface area contributed by atoms with Gasteiger partial charge in [0.15, 0.2) is 11.8 Å². The molecule has 7 nitrogen and oxygen atoms in total. The van der Waals surface area contributed by atoms with Crippen LogP contribution in [0.4, 0.5) is 9.59 Å². The van der Waals surface area contributed by atoms with Crippen LogP contribution in [0.3, 0.4) is 0 Å². The molecule has 0 saturated carbocycles. The monoisotopic (exact) mass is 326 g/mol. The predicted octanol–water partition coefficient (Wildman–Crippen LogP) is 2.03. The van der Waals surface area contributed by atoms with E-state index >= 15 is 0 Å². The summed E-state index contributed by atoms with van der Waals surface area (Å²) < 4.78 is 11.9. The lowest BCUT2D eigenvalue weighted by molar-refractivity contribution is 0.224. The molecule has 0 heterocycles. The Bertz CT molecular complexity index is 451. The molecule has 122 valence electrons. The molecule has 0 aromatic rings. The number of nitrogens with zero attached hydrogens (tertiary/aromatic N) is 2. The highest BCUT2D eigenvalue weighted by Crippen LogP contribution is 1.99. The lowest BCUT2D eigenvalue weighted by atomic mass is 10.6. The first-order valence-corrected chi connectivity index (χ1v) is 7.96. The normalized spacial score (nSPS) is 12.0. The molecule has 0 fully saturated rings. The van der Waals surface area contributed by atoms with Gasteiger partial charge < -0.3 is 9.87 Å². The number of nitrogens with one attached hydrogen (secondary N) is 2. The van der Waals surface area contributed by atoms with Gasteiger partial charge in [0, 0.05) is 24.8 Å². The maximum atomic E-state index is 11.9. The van der Waals surface area contributed by atoms with Gasteiger partial charge in [-0.05, 0) is 25.0 Å². The number of carbonyl (C=O) groups is 2. The van der Waals surface area contributed by atoms with Gasteiger partial charge in [0.2, 0.25) is 0 Å². The van der Waals surface area contributed by atoms with Crippen LogP contribution in [0.15, 0.2) is 50.1 Å². The standard InChI is InChI=1S/C14H22N4O3S/c1-5-9-15-13(19)18(8-4)12-22(21)11-16-14(20)17(7-3)10-6-2/h5-10H,3-4,11-12H2,1-2H3,(H,15,19)(H,16,20)/b9-5+,10-6+. The third kappa shape index (κ3) is 7.55. The van der Waals surface area contributed by atoms with Crippen molar-refractivity contribution in [1.82, 2.24) is 20.4 Å². The third-order valence-corrected chi connectivity index (χ3v) is 3.30. The van der Waals surface area contributed by atoms with E-state index in [1.807, 2.05) is 0 Å². The van der Waals surface area contributed by atoms with Crippen molar-refractivity contribution in [1.29, 1.82) is 0 Å². The topological polar surface area (TPSA) is 87.7 Å². The minimum atomic E-state index is -1.47. The summed E-state index contributed by atoms with van der Waals surface area (Å²) >= 11 is -1.47. The van der Waals surface area contributed by atoms with E-state index in [9.17, 15) is 14.1 Å². The van der Waals surface area contributed by atoms with Crippen LogP contribution in [0.25, 0.3) is 0 Å². The van der Waals surface area contributed by atoms with E-state index in [4.69, 9.17) is 0 Å². The van der Waals surface area contributed by atoms with Crippen molar-refractivity contribution in [2.45, 2.75) is 13.8 Å². The lowest BCUT2D eigenvalue weighted by Crippen LogP contribution is -2.42. The fraction of sp³-hybridized carbons (Fsp3) is 0.286. The molecule has 0 aromatic carbocycles. The smallest absolute Gasteiger partial charge is 0.329 e. The van der Waals surface area contributed by atoms with Gasteiger partial charge in [-0.2, -0.15) is 0 Å². The first kappa shape index (κ1) is 19.8. The van der Waals surface area contributed by atoms with Crippen LogP contribution in [-0.4, -0.2) is 38.2 Å². The van der Waals surface area contributed by atoms with Crippen molar-refractivity contribution in [3.8, 4) is 0 Å². The molecule has 0 bridgehead atoms. The molecule has 8 heteroatoms. The molecule has 0 aliphatic rings. The fourth-order valence-corrected chi connectivity index (χ4v) is 2.15. The van der Waals surface area contributed by atoms with Gasteiger partial charge >= 0.3 is 12.1 Å². The molecule has 0 aromatic heterocycles. The van der Waals surface area contributed by atoms with E-state index in [1.165, 1.54) is 34.6 Å². The number of amides is 4. The molecule has 2 N–H and O–H groups in total. The van der Waals surface area contributed by atoms with Crippen molar-refractivity contribution in [2.75, 3.05) is 11.8 Å². The second-order valence-electron chi connectivity index (χ2n) is 3.87. The van der Waals surface area contributed by atoms with Crippen LogP contribution in [0.5, 0.6) is 0 Å². The van der Waals surface area contributed by atoms with E-state index in [0.717, 1.165) is 0 Å². The number of carbonyl (C=O) groups excluding carboxylic acids is 2. The number of hydrogen-bond donors (Lipinski definition) is 2. The fourth-order valence-electron chi connectivity index (χ4n) is 1.24. The first-order valence-electron chi connectivity index (χ1n) is 6.47. The second-order valence-corrected chi connectivity index (χ2v) is 5.30. The quantitative estimate of drug-likeness (QED) is 0.669. The van der Waals surface area contributed by atoms with E-state index in [-0.39, 0.29) is 11.8 Å². The van der Waals surface area contributed by atoms with E-state index in [0.29, 0.717) is 0 Å². The summed E-state index contributed by atoms with van der Waals surface area (Å²) in [5, 5.41) is 4.97. The number of allylic oxidation sites excluding steroid dienone is 2. The van der Waals surface area contributed by atoms with Crippen LogP contribution in [0.1, 0.15) is 13.8 Å². The number of rotatable bonds is 8. The highest BCUT2D eigenvalue weighted by molar-refractivity contribution is 7.91. The van der Waals surface area contributed by atoms with Gasteiger partial charge in [0.25, 0.3) is 0 Å². The Labute approximate surface area is 134 Å². The third-order valence-electron chi connectivity index (χ3n) is 2.26. The molecular formula is C14H22N4O3S. The van der Waals surface area contributed by atoms with Crippen molar-refractivity contribution >= 4 is 23.2 Å². The molecule has 22 heavy (non-hydrogen) atoms. The second kappa shape index (κ2) is 11.5. The average Bonchev–Trinajstić information content (AvgIpc) is 2.52. The summed E-state index contributed by atoms with van der Waals surface area (Å²) in [6.07, 6.45) is 8.91. The zero-order valence-electron chi connectivity index (χ0n) is 12.8. The summed E-state index contributed by atoms with van der Waals surface area (Å²) in [6, 6.07) is -0.903. The maximum Gasteiger partial charge on any atom is 0.329 e. The molecular weight excluding hydrogens is 304 g/mol. The van der Waals surface area contributed by atoms with Gasteiger partial charge in [-0.1, -0.05) is 25.3 Å². The highest BCUT2D eigenvalue weighted by atomic mass is 32.2. The summed E-state index contributed by atoms with van der Waals surface area (Å²) in [5.41, 5.74) is 0. The zero-order valence-corrected chi connectivity index (χ0v) is 13.6. The van der Waals surface area contributed by atoms with Crippen LogP contribution >= 0.6 is 0 Å². The minimum Gasteiger partial charge on any atom is -0.614 e. The van der Waals surface area contributed by atoms with Gasteiger partial charge in [-0.15, -0.1) is 0 Å². The minimum absolute atomic E-state index is 0.0785. The molecule has 4 amide bonds. The maximum absolute atomic E-state index is 11.9. The summed E-state index contributed by atoms with van der Waals surface area (Å²) in [7, 11) is 0. The number of urea groups is 2. The molecule has 0 rings (SSSR count). The Hall–Kier alpha value is -2.19. The summed E-state index contributed by atoms with van der Waals surface area (Å²) in [4.78, 5) is 25.8. The van der Waals surface area contributed by atoms with E-state index in [1.54, 1.807) is 26.0 Å². The molecule has 0 radical (unpaired) electrons. The average molecular weight is 326 g/mol. The summed E-state index contributed by atoms with van der Waals surface area (Å²) in [6.45, 7) is 10.5. The highest BCUT2D eigenvalue weighted by Gasteiger charge is 2.18. The first-order chi connectivity index (χ1) is 10.5. The summed E-state index contributed by atoms with van der Waals surface area (Å²) in [5.74, 6) is -0.174. The largest absolute Gasteiger partial charge is 0.614 e. The SMILES string of the molecule is C=CN(/C=C/C)C(=O)NC[S+]([O-])CN(C=C)C(=O)N/C=C/C. The Morgan fingerprint density at radius 2 is 1.86 bits per heavy atom. The van der Waals surface area contributed by atoms with E-state index in [2.05, 4.69) is 23.8 Å². The molecule has 1 unspecified atom stereocenters. The molecule has 0 aliphatic carbocycles. The van der Waals surface area contributed by atoms with Gasteiger partial charge in [0.1, 0.15) is 0 Å². The van der Waals surface area contributed by atoms with Crippen molar-refractivity contribution in [3.63, 3.8) is 0 Å². The van der Waals surface area contributed by atoms with Crippen molar-refractivity contribution < 1.29 is 14.1 Å². The van der Waals surface area contributed by atoms with Gasteiger partial charge in [-0.3, -0.25) is 15.1 Å². The lowest BCUT2D eigenvalue weighted by Gasteiger charge is -2.21. The van der Waals surface area contributed by atoms with Gasteiger partial charge in [-0.25, -0.2) is 9.59 Å². The molecule has 0 spiro atoms. The molecule has 0 aliphatic heterocycles.